The van der Waals surface area contributed by atoms with E-state index in [9.17, 15) is 4.79 Å². The average molecular weight is 251 g/mol. The van der Waals surface area contributed by atoms with Crippen molar-refractivity contribution in [3.63, 3.8) is 0 Å². The first-order valence-electron chi connectivity index (χ1n) is 4.90. The summed E-state index contributed by atoms with van der Waals surface area (Å²) < 4.78 is 1.55. The van der Waals surface area contributed by atoms with Gasteiger partial charge in [-0.1, -0.05) is 11.6 Å². The first-order valence-corrected chi connectivity index (χ1v) is 5.28. The summed E-state index contributed by atoms with van der Waals surface area (Å²) in [4.78, 5) is 11.1. The molecule has 0 radical (unpaired) electrons. The SMILES string of the molecule is Cc1cc(-n2cc(Cl)c(N)n2)ccc1C(N)=O. The molecule has 0 saturated heterocycles. The van der Waals surface area contributed by atoms with Crippen molar-refractivity contribution in [1.82, 2.24) is 9.78 Å². The zero-order valence-electron chi connectivity index (χ0n) is 9.14. The van der Waals surface area contributed by atoms with Gasteiger partial charge < -0.3 is 11.5 Å². The number of aromatic nitrogens is 2. The van der Waals surface area contributed by atoms with Gasteiger partial charge in [-0.15, -0.1) is 5.10 Å². The lowest BCUT2D eigenvalue weighted by Crippen LogP contribution is -2.13. The highest BCUT2D eigenvalue weighted by Crippen LogP contribution is 2.20. The molecule has 0 unspecified atom stereocenters. The summed E-state index contributed by atoms with van der Waals surface area (Å²) in [6, 6.07) is 5.18. The zero-order valence-corrected chi connectivity index (χ0v) is 9.90. The van der Waals surface area contributed by atoms with Crippen LogP contribution in [0.2, 0.25) is 5.02 Å². The molecular weight excluding hydrogens is 240 g/mol. The smallest absolute Gasteiger partial charge is 0.248 e. The van der Waals surface area contributed by atoms with Gasteiger partial charge in [0.25, 0.3) is 0 Å². The molecule has 1 aromatic heterocycles. The highest BCUT2D eigenvalue weighted by molar-refractivity contribution is 6.32. The van der Waals surface area contributed by atoms with Crippen molar-refractivity contribution < 1.29 is 4.79 Å². The monoisotopic (exact) mass is 250 g/mol. The van der Waals surface area contributed by atoms with Crippen LogP contribution in [0.25, 0.3) is 5.69 Å². The van der Waals surface area contributed by atoms with Crippen LogP contribution >= 0.6 is 11.6 Å². The van der Waals surface area contributed by atoms with E-state index in [1.54, 1.807) is 36.0 Å². The van der Waals surface area contributed by atoms with E-state index < -0.39 is 5.91 Å². The maximum Gasteiger partial charge on any atom is 0.248 e. The van der Waals surface area contributed by atoms with E-state index in [1.807, 2.05) is 0 Å². The van der Waals surface area contributed by atoms with Crippen molar-refractivity contribution >= 4 is 23.3 Å². The van der Waals surface area contributed by atoms with Crippen LogP contribution in [0, 0.1) is 6.92 Å². The number of aryl methyl sites for hydroxylation is 1. The maximum absolute atomic E-state index is 11.1. The van der Waals surface area contributed by atoms with Crippen LogP contribution in [0.3, 0.4) is 0 Å². The van der Waals surface area contributed by atoms with Crippen LogP contribution in [0.4, 0.5) is 5.82 Å². The van der Waals surface area contributed by atoms with Gasteiger partial charge in [-0.25, -0.2) is 4.68 Å². The summed E-state index contributed by atoms with van der Waals surface area (Å²) in [6.45, 7) is 1.80. The van der Waals surface area contributed by atoms with Crippen LogP contribution in [-0.2, 0) is 0 Å². The molecule has 0 aliphatic rings. The Labute approximate surface area is 103 Å². The quantitative estimate of drug-likeness (QED) is 0.847. The molecule has 5 nitrogen and oxygen atoms in total. The minimum absolute atomic E-state index is 0.267. The molecule has 0 fully saturated rings. The van der Waals surface area contributed by atoms with Gasteiger partial charge in [0, 0.05) is 5.56 Å². The summed E-state index contributed by atoms with van der Waals surface area (Å²) in [5.74, 6) is -0.185. The molecule has 2 aromatic rings. The van der Waals surface area contributed by atoms with E-state index >= 15 is 0 Å². The number of carbonyl (C=O) groups excluding carboxylic acids is 1. The van der Waals surface area contributed by atoms with Crippen LogP contribution in [0.1, 0.15) is 15.9 Å². The molecule has 17 heavy (non-hydrogen) atoms. The summed E-state index contributed by atoms with van der Waals surface area (Å²) in [7, 11) is 0. The number of nitrogens with zero attached hydrogens (tertiary/aromatic N) is 2. The zero-order chi connectivity index (χ0) is 12.6. The Balaban J connectivity index is 2.47. The van der Waals surface area contributed by atoms with Gasteiger partial charge in [0.15, 0.2) is 5.82 Å². The highest BCUT2D eigenvalue weighted by Gasteiger charge is 2.08. The van der Waals surface area contributed by atoms with Gasteiger partial charge in [0.1, 0.15) is 5.02 Å². The molecule has 2 rings (SSSR count). The predicted octanol–water partition coefficient (Wildman–Crippen LogP) is 1.52. The summed E-state index contributed by atoms with van der Waals surface area (Å²) in [5, 5.41) is 4.43. The Kier molecular flexibility index (Phi) is 2.77. The van der Waals surface area contributed by atoms with Crippen molar-refractivity contribution in [2.45, 2.75) is 6.92 Å². The third kappa shape index (κ3) is 2.09. The van der Waals surface area contributed by atoms with Crippen molar-refractivity contribution in [3.05, 3.63) is 40.5 Å². The molecule has 88 valence electrons. The third-order valence-corrected chi connectivity index (χ3v) is 2.73. The molecular formula is C11H11ClN4O. The predicted molar refractivity (Wildman–Crippen MR) is 66.2 cm³/mol. The van der Waals surface area contributed by atoms with Gasteiger partial charge >= 0.3 is 0 Å². The van der Waals surface area contributed by atoms with Gasteiger partial charge in [-0.2, -0.15) is 0 Å². The topological polar surface area (TPSA) is 86.9 Å². The summed E-state index contributed by atoms with van der Waals surface area (Å²) in [6.07, 6.45) is 1.61. The fraction of sp³-hybridized carbons (Fsp3) is 0.0909. The Morgan fingerprint density at radius 1 is 1.47 bits per heavy atom. The lowest BCUT2D eigenvalue weighted by Gasteiger charge is -2.05. The molecule has 0 spiro atoms. The van der Waals surface area contributed by atoms with Crippen LogP contribution < -0.4 is 11.5 Å². The standard InChI is InChI=1S/C11H11ClN4O/c1-6-4-7(2-3-8(6)11(14)17)16-5-9(12)10(13)15-16/h2-5H,1H3,(H2,13,15)(H2,14,17). The average Bonchev–Trinajstić information content (AvgIpc) is 2.58. The third-order valence-electron chi connectivity index (χ3n) is 2.44. The minimum atomic E-state index is -0.452. The fourth-order valence-electron chi connectivity index (χ4n) is 1.57. The number of hydrogen-bond acceptors (Lipinski definition) is 3. The Hall–Kier alpha value is -2.01. The Morgan fingerprint density at radius 2 is 2.18 bits per heavy atom. The van der Waals surface area contributed by atoms with Crippen LogP contribution in [0.15, 0.2) is 24.4 Å². The fourth-order valence-corrected chi connectivity index (χ4v) is 1.70. The number of primary amides is 1. The van der Waals surface area contributed by atoms with Gasteiger partial charge in [-0.05, 0) is 30.7 Å². The molecule has 0 bridgehead atoms. The number of rotatable bonds is 2. The van der Waals surface area contributed by atoms with Gasteiger partial charge in [0.2, 0.25) is 5.91 Å². The number of anilines is 1. The van der Waals surface area contributed by atoms with Crippen molar-refractivity contribution in [1.29, 1.82) is 0 Å². The van der Waals surface area contributed by atoms with E-state index in [1.165, 1.54) is 0 Å². The molecule has 0 saturated carbocycles. The molecule has 0 aliphatic heterocycles. The molecule has 1 amide bonds. The van der Waals surface area contributed by atoms with Gasteiger partial charge in [0.05, 0.1) is 11.9 Å². The first-order chi connectivity index (χ1) is 7.99. The summed E-state index contributed by atoms with van der Waals surface area (Å²) in [5.41, 5.74) is 12.8. The number of hydrogen-bond donors (Lipinski definition) is 2. The second kappa shape index (κ2) is 4.10. The molecule has 4 N–H and O–H groups in total. The lowest BCUT2D eigenvalue weighted by atomic mass is 10.1. The highest BCUT2D eigenvalue weighted by atomic mass is 35.5. The van der Waals surface area contributed by atoms with E-state index in [0.717, 1.165) is 11.3 Å². The number of halogens is 1. The summed E-state index contributed by atoms with van der Waals surface area (Å²) >= 11 is 5.82. The molecule has 0 aliphatic carbocycles. The maximum atomic E-state index is 11.1. The van der Waals surface area contributed by atoms with Crippen LogP contribution in [0.5, 0.6) is 0 Å². The molecule has 6 heteroatoms. The van der Waals surface area contributed by atoms with E-state index in [4.69, 9.17) is 23.1 Å². The normalized spacial score (nSPS) is 10.5. The molecule has 0 atom stereocenters. The number of nitrogens with two attached hydrogens (primary N) is 2. The van der Waals surface area contributed by atoms with Crippen LogP contribution in [-0.4, -0.2) is 15.7 Å². The second-order valence-corrected chi connectivity index (χ2v) is 4.08. The largest absolute Gasteiger partial charge is 0.381 e. The number of carbonyl (C=O) groups is 1. The Bertz CT molecular complexity index is 572. The van der Waals surface area contributed by atoms with Crippen molar-refractivity contribution in [2.24, 2.45) is 5.73 Å². The number of amides is 1. The van der Waals surface area contributed by atoms with Crippen molar-refractivity contribution in [3.8, 4) is 5.69 Å². The lowest BCUT2D eigenvalue weighted by molar-refractivity contribution is 0.0999. The molecule has 1 heterocycles. The van der Waals surface area contributed by atoms with Gasteiger partial charge in [-0.3, -0.25) is 4.79 Å². The number of nitrogen functional groups attached to an aromatic ring is 1. The minimum Gasteiger partial charge on any atom is -0.381 e. The second-order valence-electron chi connectivity index (χ2n) is 3.67. The van der Waals surface area contributed by atoms with Crippen molar-refractivity contribution in [2.75, 3.05) is 5.73 Å². The first kappa shape index (κ1) is 11.5. The van der Waals surface area contributed by atoms with E-state index in [2.05, 4.69) is 5.10 Å². The van der Waals surface area contributed by atoms with E-state index in [-0.39, 0.29) is 5.82 Å². The van der Waals surface area contributed by atoms with E-state index in [0.29, 0.717) is 10.6 Å². The number of benzene rings is 1. The Morgan fingerprint density at radius 3 is 2.65 bits per heavy atom. The molecule has 1 aromatic carbocycles.